The van der Waals surface area contributed by atoms with Crippen LogP contribution in [-0.4, -0.2) is 33.9 Å². The summed E-state index contributed by atoms with van der Waals surface area (Å²) in [5.41, 5.74) is 3.91. The fourth-order valence-corrected chi connectivity index (χ4v) is 7.65. The molecule has 1 N–H and O–H groups in total. The second-order valence-electron chi connectivity index (χ2n) is 11.2. The first kappa shape index (κ1) is 32.9. The molecule has 1 fully saturated rings. The quantitative estimate of drug-likeness (QED) is 0.126. The zero-order valence-electron chi connectivity index (χ0n) is 25.4. The van der Waals surface area contributed by atoms with Crippen molar-refractivity contribution in [1.82, 2.24) is 14.8 Å². The molecule has 1 aromatic heterocycles. The number of allylic oxidation sites excluding steroid dienone is 1. The first-order valence-corrected chi connectivity index (χ1v) is 18.0. The molecule has 0 spiro atoms. The van der Waals surface area contributed by atoms with Crippen LogP contribution in [0, 0.1) is 0 Å². The molecule has 8 nitrogen and oxygen atoms in total. The molecule has 12 heteroatoms. The first-order chi connectivity index (χ1) is 22.3. The van der Waals surface area contributed by atoms with E-state index < -0.39 is 6.04 Å². The molecule has 1 unspecified atom stereocenters. The number of nitrogens with one attached hydrogen (secondary N) is 1. The van der Waals surface area contributed by atoms with Gasteiger partial charge in [0.15, 0.2) is 11.5 Å². The molecule has 46 heavy (non-hydrogen) atoms. The number of hydrogen-bond donors (Lipinski definition) is 1. The van der Waals surface area contributed by atoms with Crippen molar-refractivity contribution in [3.8, 4) is 11.5 Å². The number of carbonyl (C=O) groups is 1. The lowest BCUT2D eigenvalue weighted by Gasteiger charge is -2.30. The monoisotopic (exact) mass is 786 g/mol. The van der Waals surface area contributed by atoms with Gasteiger partial charge in [0.1, 0.15) is 18.8 Å². The van der Waals surface area contributed by atoms with Gasteiger partial charge in [0.05, 0.1) is 17.2 Å². The SMILES string of the molecule is COc1cc(C2C(C(=O)OC3CCCCC3)=C(C)Nc3nc(SCc4ccccc4Cl)nn32)cc(Br)c1OCc1ccc(Br)cc1. The maximum absolute atomic E-state index is 13.9. The number of halogens is 3. The summed E-state index contributed by atoms with van der Waals surface area (Å²) in [7, 11) is 1.60. The smallest absolute Gasteiger partial charge is 0.338 e. The fraction of sp³-hybridized carbons (Fsp3) is 0.324. The fourth-order valence-electron chi connectivity index (χ4n) is 5.69. The normalized spacial score (nSPS) is 16.5. The summed E-state index contributed by atoms with van der Waals surface area (Å²) in [6.07, 6.45) is 4.93. The van der Waals surface area contributed by atoms with E-state index in [4.69, 9.17) is 35.9 Å². The van der Waals surface area contributed by atoms with Crippen LogP contribution in [0.2, 0.25) is 5.02 Å². The number of carbonyl (C=O) groups excluding carboxylic acids is 1. The Kier molecular flexibility index (Phi) is 10.6. The molecule has 240 valence electrons. The zero-order chi connectivity index (χ0) is 32.2. The maximum atomic E-state index is 13.9. The summed E-state index contributed by atoms with van der Waals surface area (Å²) in [5.74, 6) is 1.85. The van der Waals surface area contributed by atoms with Crippen molar-refractivity contribution in [3.63, 3.8) is 0 Å². The number of rotatable bonds is 10. The van der Waals surface area contributed by atoms with Gasteiger partial charge >= 0.3 is 5.97 Å². The van der Waals surface area contributed by atoms with Gasteiger partial charge in [-0.1, -0.05) is 76.0 Å². The molecule has 1 atom stereocenters. The van der Waals surface area contributed by atoms with Crippen LogP contribution >= 0.6 is 55.2 Å². The van der Waals surface area contributed by atoms with Crippen molar-refractivity contribution in [2.75, 3.05) is 12.4 Å². The molecule has 0 bridgehead atoms. The summed E-state index contributed by atoms with van der Waals surface area (Å²) in [6, 6.07) is 18.9. The standard InChI is InChI=1S/C34H33Br2ClN4O4S/c1-20-29(32(42)45-25-9-4-3-5-10-25)30(41-33(38-20)39-34(40-41)46-19-22-8-6-7-11-27(22)37)23-16-26(36)31(28(17-23)43-2)44-18-21-12-14-24(35)15-13-21/h6-8,11-17,25,30H,3-5,9-10,18-19H2,1-2H3,(H,38,39,40). The number of benzene rings is 3. The highest BCUT2D eigenvalue weighted by molar-refractivity contribution is 9.10. The predicted octanol–water partition coefficient (Wildman–Crippen LogP) is 9.50. The number of ether oxygens (including phenoxy) is 3. The van der Waals surface area contributed by atoms with E-state index >= 15 is 0 Å². The summed E-state index contributed by atoms with van der Waals surface area (Å²) < 4.78 is 21.6. The number of fused-ring (bicyclic) bond motifs is 1. The Labute approximate surface area is 294 Å². The Bertz CT molecular complexity index is 1760. The Balaban J connectivity index is 1.35. The summed E-state index contributed by atoms with van der Waals surface area (Å²) >= 11 is 15.1. The van der Waals surface area contributed by atoms with Gasteiger partial charge in [-0.05, 0) is 95.6 Å². The van der Waals surface area contributed by atoms with Crippen molar-refractivity contribution < 1.29 is 19.0 Å². The average molecular weight is 789 g/mol. The third-order valence-electron chi connectivity index (χ3n) is 8.06. The molecule has 1 aliphatic heterocycles. The topological polar surface area (TPSA) is 87.5 Å². The van der Waals surface area contributed by atoms with Crippen LogP contribution in [0.1, 0.15) is 61.8 Å². The Morgan fingerprint density at radius 2 is 1.85 bits per heavy atom. The van der Waals surface area contributed by atoms with Crippen molar-refractivity contribution in [2.24, 2.45) is 0 Å². The molecular weight excluding hydrogens is 756 g/mol. The van der Waals surface area contributed by atoms with E-state index in [0.29, 0.717) is 55.7 Å². The lowest BCUT2D eigenvalue weighted by Crippen LogP contribution is -2.32. The number of aromatic nitrogens is 3. The third-order valence-corrected chi connectivity index (χ3v) is 10.4. The van der Waals surface area contributed by atoms with Crippen LogP contribution in [-0.2, 0) is 21.9 Å². The molecule has 0 saturated heterocycles. The van der Waals surface area contributed by atoms with Gasteiger partial charge in [-0.25, -0.2) is 9.48 Å². The minimum absolute atomic E-state index is 0.100. The van der Waals surface area contributed by atoms with Gasteiger partial charge in [0.25, 0.3) is 0 Å². The molecule has 4 aromatic rings. The Hall–Kier alpha value is -2.99. The van der Waals surface area contributed by atoms with E-state index in [2.05, 4.69) is 37.2 Å². The zero-order valence-corrected chi connectivity index (χ0v) is 30.1. The molecule has 2 aliphatic rings. The second kappa shape index (κ2) is 14.8. The molecular formula is C34H33Br2ClN4O4S. The van der Waals surface area contributed by atoms with Crippen LogP contribution in [0.3, 0.4) is 0 Å². The van der Waals surface area contributed by atoms with E-state index in [9.17, 15) is 4.79 Å². The van der Waals surface area contributed by atoms with Gasteiger partial charge in [0.2, 0.25) is 11.1 Å². The Morgan fingerprint density at radius 1 is 1.09 bits per heavy atom. The highest BCUT2D eigenvalue weighted by atomic mass is 79.9. The molecule has 0 amide bonds. The lowest BCUT2D eigenvalue weighted by molar-refractivity contribution is -0.146. The average Bonchev–Trinajstić information content (AvgIpc) is 3.46. The van der Waals surface area contributed by atoms with Gasteiger partial charge < -0.3 is 19.5 Å². The minimum Gasteiger partial charge on any atom is -0.493 e. The van der Waals surface area contributed by atoms with Gasteiger partial charge in [-0.2, -0.15) is 4.98 Å². The van der Waals surface area contributed by atoms with Crippen LogP contribution in [0.5, 0.6) is 11.5 Å². The van der Waals surface area contributed by atoms with E-state index in [1.807, 2.05) is 67.6 Å². The van der Waals surface area contributed by atoms with Gasteiger partial charge in [-0.15, -0.1) is 5.10 Å². The first-order valence-electron chi connectivity index (χ1n) is 15.1. The highest BCUT2D eigenvalue weighted by Crippen LogP contribution is 2.44. The largest absolute Gasteiger partial charge is 0.493 e. The molecule has 1 saturated carbocycles. The van der Waals surface area contributed by atoms with Crippen molar-refractivity contribution in [3.05, 3.63) is 103 Å². The van der Waals surface area contributed by atoms with Crippen LogP contribution < -0.4 is 14.8 Å². The number of nitrogens with zero attached hydrogens (tertiary/aromatic N) is 3. The van der Waals surface area contributed by atoms with E-state index in [1.165, 1.54) is 18.2 Å². The van der Waals surface area contributed by atoms with Crippen molar-refractivity contribution in [2.45, 2.75) is 68.7 Å². The Morgan fingerprint density at radius 3 is 2.59 bits per heavy atom. The van der Waals surface area contributed by atoms with E-state index in [1.54, 1.807) is 11.8 Å². The number of methoxy groups -OCH3 is 1. The van der Waals surface area contributed by atoms with Gasteiger partial charge in [-0.3, -0.25) is 0 Å². The minimum atomic E-state index is -0.625. The number of esters is 1. The van der Waals surface area contributed by atoms with Crippen molar-refractivity contribution in [1.29, 1.82) is 0 Å². The van der Waals surface area contributed by atoms with Gasteiger partial charge in [0, 0.05) is 20.9 Å². The van der Waals surface area contributed by atoms with Crippen LogP contribution in [0.15, 0.2) is 86.0 Å². The summed E-state index contributed by atoms with van der Waals surface area (Å²) in [4.78, 5) is 18.7. The van der Waals surface area contributed by atoms with E-state index in [-0.39, 0.29) is 12.1 Å². The molecule has 1 aliphatic carbocycles. The molecule has 2 heterocycles. The third kappa shape index (κ3) is 7.43. The number of anilines is 1. The summed E-state index contributed by atoms with van der Waals surface area (Å²) in [6.45, 7) is 2.23. The predicted molar refractivity (Wildman–Crippen MR) is 188 cm³/mol. The lowest BCUT2D eigenvalue weighted by atomic mass is 9.94. The molecule has 3 aromatic carbocycles. The van der Waals surface area contributed by atoms with Crippen LogP contribution in [0.25, 0.3) is 0 Å². The van der Waals surface area contributed by atoms with E-state index in [0.717, 1.165) is 46.8 Å². The molecule has 0 radical (unpaired) electrons. The molecule has 6 rings (SSSR count). The number of hydrogen-bond acceptors (Lipinski definition) is 8. The number of thioether (sulfide) groups is 1. The summed E-state index contributed by atoms with van der Waals surface area (Å²) in [5, 5.41) is 9.45. The second-order valence-corrected chi connectivity index (χ2v) is 14.3. The maximum Gasteiger partial charge on any atom is 0.338 e. The highest BCUT2D eigenvalue weighted by Gasteiger charge is 2.37. The van der Waals surface area contributed by atoms with Crippen LogP contribution in [0.4, 0.5) is 5.95 Å². The van der Waals surface area contributed by atoms with Crippen molar-refractivity contribution >= 4 is 67.1 Å².